The van der Waals surface area contributed by atoms with Crippen molar-refractivity contribution in [2.24, 2.45) is 0 Å². The summed E-state index contributed by atoms with van der Waals surface area (Å²) < 4.78 is 23.6. The van der Waals surface area contributed by atoms with Gasteiger partial charge < -0.3 is 10.6 Å². The molecule has 0 aliphatic rings. The van der Waals surface area contributed by atoms with E-state index in [1.54, 1.807) is 61.5 Å². The van der Waals surface area contributed by atoms with Crippen LogP contribution < -0.4 is 10.6 Å². The minimum absolute atomic E-state index is 0.0482. The van der Waals surface area contributed by atoms with Gasteiger partial charge in [0.2, 0.25) is 0 Å². The molecule has 0 atom stereocenters. The zero-order chi connectivity index (χ0) is 21.9. The van der Waals surface area contributed by atoms with Crippen molar-refractivity contribution >= 4 is 44.6 Å². The van der Waals surface area contributed by atoms with Gasteiger partial charge in [-0.2, -0.15) is 0 Å². The zero-order valence-corrected chi connectivity index (χ0v) is 17.8. The SMILES string of the molecule is Cc1ccc(S(C)(=O)=O)cc1C(=O)Nc1ccccc1C(=O)Nc1ccc(Cl)cc1. The Balaban J connectivity index is 1.87. The summed E-state index contributed by atoms with van der Waals surface area (Å²) in [5, 5.41) is 6.01. The Labute approximate surface area is 179 Å². The number of benzene rings is 3. The van der Waals surface area contributed by atoms with Crippen molar-refractivity contribution in [1.29, 1.82) is 0 Å². The van der Waals surface area contributed by atoms with Crippen LogP contribution in [0.5, 0.6) is 0 Å². The quantitative estimate of drug-likeness (QED) is 0.606. The molecule has 3 aromatic carbocycles. The van der Waals surface area contributed by atoms with E-state index < -0.39 is 21.7 Å². The van der Waals surface area contributed by atoms with Gasteiger partial charge >= 0.3 is 0 Å². The minimum atomic E-state index is -3.46. The van der Waals surface area contributed by atoms with Crippen LogP contribution >= 0.6 is 11.6 Å². The van der Waals surface area contributed by atoms with Gasteiger partial charge in [0.1, 0.15) is 0 Å². The van der Waals surface area contributed by atoms with E-state index in [2.05, 4.69) is 10.6 Å². The molecule has 0 fully saturated rings. The highest BCUT2D eigenvalue weighted by Gasteiger charge is 2.17. The van der Waals surface area contributed by atoms with Crippen molar-refractivity contribution < 1.29 is 18.0 Å². The van der Waals surface area contributed by atoms with Crippen molar-refractivity contribution in [2.75, 3.05) is 16.9 Å². The maximum absolute atomic E-state index is 12.8. The number of sulfone groups is 1. The van der Waals surface area contributed by atoms with Crippen LogP contribution in [0.2, 0.25) is 5.02 Å². The third-order valence-corrected chi connectivity index (χ3v) is 5.77. The number of rotatable bonds is 5. The molecule has 6 nitrogen and oxygen atoms in total. The van der Waals surface area contributed by atoms with E-state index >= 15 is 0 Å². The lowest BCUT2D eigenvalue weighted by Crippen LogP contribution is -2.19. The van der Waals surface area contributed by atoms with E-state index in [1.807, 2.05) is 0 Å². The van der Waals surface area contributed by atoms with E-state index in [0.717, 1.165) is 6.26 Å². The maximum Gasteiger partial charge on any atom is 0.257 e. The standard InChI is InChI=1S/C22H19ClN2O4S/c1-14-7-12-17(30(2,28)29)13-19(14)22(27)25-20-6-4-3-5-18(20)21(26)24-16-10-8-15(23)9-11-16/h3-13H,1-2H3,(H,24,26)(H,25,27). The summed E-state index contributed by atoms with van der Waals surface area (Å²) in [5.74, 6) is -0.917. The smallest absolute Gasteiger partial charge is 0.257 e. The number of nitrogens with one attached hydrogen (secondary N) is 2. The number of anilines is 2. The highest BCUT2D eigenvalue weighted by molar-refractivity contribution is 7.90. The van der Waals surface area contributed by atoms with E-state index in [0.29, 0.717) is 22.0 Å². The fourth-order valence-corrected chi connectivity index (χ4v) is 3.56. The third kappa shape index (κ3) is 5.06. The Kier molecular flexibility index (Phi) is 6.24. The van der Waals surface area contributed by atoms with Gasteiger partial charge in [-0.3, -0.25) is 9.59 Å². The molecule has 0 radical (unpaired) electrons. The Morgan fingerprint density at radius 3 is 2.13 bits per heavy atom. The highest BCUT2D eigenvalue weighted by Crippen LogP contribution is 2.21. The third-order valence-electron chi connectivity index (χ3n) is 4.40. The van der Waals surface area contributed by atoms with Crippen LogP contribution in [0.3, 0.4) is 0 Å². The summed E-state index contributed by atoms with van der Waals surface area (Å²) >= 11 is 5.86. The van der Waals surface area contributed by atoms with Crippen molar-refractivity contribution in [2.45, 2.75) is 11.8 Å². The number of halogens is 1. The first-order valence-electron chi connectivity index (χ1n) is 8.93. The van der Waals surface area contributed by atoms with Crippen LogP contribution in [0, 0.1) is 6.92 Å². The zero-order valence-electron chi connectivity index (χ0n) is 16.3. The summed E-state index contributed by atoms with van der Waals surface area (Å²) in [6.07, 6.45) is 1.08. The molecule has 0 aliphatic heterocycles. The van der Waals surface area contributed by atoms with Crippen LogP contribution in [0.15, 0.2) is 71.6 Å². The van der Waals surface area contributed by atoms with Gasteiger partial charge in [-0.1, -0.05) is 29.8 Å². The van der Waals surface area contributed by atoms with Crippen LogP contribution in [0.4, 0.5) is 11.4 Å². The average Bonchev–Trinajstić information content (AvgIpc) is 2.69. The van der Waals surface area contributed by atoms with Gasteiger partial charge in [0, 0.05) is 22.5 Å². The number of hydrogen-bond acceptors (Lipinski definition) is 4. The highest BCUT2D eigenvalue weighted by atomic mass is 35.5. The first-order valence-corrected chi connectivity index (χ1v) is 11.2. The van der Waals surface area contributed by atoms with Gasteiger partial charge in [0.15, 0.2) is 9.84 Å². The molecule has 0 saturated heterocycles. The summed E-state index contributed by atoms with van der Waals surface area (Å²) in [6, 6.07) is 17.6. The van der Waals surface area contributed by atoms with E-state index in [1.165, 1.54) is 12.1 Å². The fourth-order valence-electron chi connectivity index (χ4n) is 2.79. The Morgan fingerprint density at radius 1 is 0.833 bits per heavy atom. The monoisotopic (exact) mass is 442 g/mol. The van der Waals surface area contributed by atoms with E-state index in [9.17, 15) is 18.0 Å². The maximum atomic E-state index is 12.8. The molecular weight excluding hydrogens is 424 g/mol. The first kappa shape index (κ1) is 21.5. The normalized spacial score (nSPS) is 11.0. The molecule has 2 N–H and O–H groups in total. The first-order chi connectivity index (χ1) is 14.1. The predicted octanol–water partition coefficient (Wildman–Crippen LogP) is 4.56. The molecule has 8 heteroatoms. The molecule has 3 rings (SSSR count). The number of aryl methyl sites for hydroxylation is 1. The van der Waals surface area contributed by atoms with Crippen molar-refractivity contribution in [1.82, 2.24) is 0 Å². The Bertz CT molecular complexity index is 1220. The molecule has 0 bridgehead atoms. The average molecular weight is 443 g/mol. The molecule has 154 valence electrons. The van der Waals surface area contributed by atoms with Gasteiger partial charge in [-0.05, 0) is 61.0 Å². The second kappa shape index (κ2) is 8.69. The van der Waals surface area contributed by atoms with Gasteiger partial charge in [-0.25, -0.2) is 8.42 Å². The molecular formula is C22H19ClN2O4S. The fraction of sp³-hybridized carbons (Fsp3) is 0.0909. The van der Waals surface area contributed by atoms with Crippen LogP contribution in [-0.4, -0.2) is 26.5 Å². The van der Waals surface area contributed by atoms with Gasteiger partial charge in [0.25, 0.3) is 11.8 Å². The second-order valence-electron chi connectivity index (χ2n) is 6.71. The lowest BCUT2D eigenvalue weighted by Gasteiger charge is -2.13. The molecule has 2 amide bonds. The molecule has 0 unspecified atom stereocenters. The molecule has 0 saturated carbocycles. The van der Waals surface area contributed by atoms with Gasteiger partial charge in [0.05, 0.1) is 16.1 Å². The van der Waals surface area contributed by atoms with Crippen LogP contribution in [-0.2, 0) is 9.84 Å². The number of carbonyl (C=O) groups is 2. The summed E-state index contributed by atoms with van der Waals surface area (Å²) in [4.78, 5) is 25.6. The Hall–Kier alpha value is -3.16. The lowest BCUT2D eigenvalue weighted by molar-refractivity contribution is 0.102. The predicted molar refractivity (Wildman–Crippen MR) is 118 cm³/mol. The van der Waals surface area contributed by atoms with E-state index in [4.69, 9.17) is 11.6 Å². The topological polar surface area (TPSA) is 92.3 Å². The number of carbonyl (C=O) groups excluding carboxylic acids is 2. The van der Waals surface area contributed by atoms with Crippen molar-refractivity contribution in [3.63, 3.8) is 0 Å². The van der Waals surface area contributed by atoms with E-state index in [-0.39, 0.29) is 16.0 Å². The van der Waals surface area contributed by atoms with Crippen LogP contribution in [0.1, 0.15) is 26.3 Å². The lowest BCUT2D eigenvalue weighted by atomic mass is 10.1. The van der Waals surface area contributed by atoms with Crippen LogP contribution in [0.25, 0.3) is 0 Å². The molecule has 0 heterocycles. The number of para-hydroxylation sites is 1. The van der Waals surface area contributed by atoms with Crippen molar-refractivity contribution in [3.8, 4) is 0 Å². The summed E-state index contributed by atoms with van der Waals surface area (Å²) in [7, 11) is -3.46. The number of amides is 2. The molecule has 30 heavy (non-hydrogen) atoms. The number of hydrogen-bond donors (Lipinski definition) is 2. The largest absolute Gasteiger partial charge is 0.322 e. The molecule has 0 aliphatic carbocycles. The molecule has 0 aromatic heterocycles. The Morgan fingerprint density at radius 2 is 1.47 bits per heavy atom. The summed E-state index contributed by atoms with van der Waals surface area (Å²) in [5.41, 5.74) is 1.95. The minimum Gasteiger partial charge on any atom is -0.322 e. The van der Waals surface area contributed by atoms with Crippen molar-refractivity contribution in [3.05, 3.63) is 88.4 Å². The summed E-state index contributed by atoms with van der Waals surface area (Å²) in [6.45, 7) is 1.71. The molecule has 3 aromatic rings. The second-order valence-corrected chi connectivity index (χ2v) is 9.16. The molecule has 0 spiro atoms. The van der Waals surface area contributed by atoms with Gasteiger partial charge in [-0.15, -0.1) is 0 Å².